The van der Waals surface area contributed by atoms with Crippen LogP contribution in [0.15, 0.2) is 46.2 Å². The van der Waals surface area contributed by atoms with E-state index in [1.54, 1.807) is 6.07 Å². The first-order valence-corrected chi connectivity index (χ1v) is 11.4. The van der Waals surface area contributed by atoms with Crippen molar-refractivity contribution in [2.24, 2.45) is 11.5 Å². The first kappa shape index (κ1) is 22.3. The third-order valence-corrected chi connectivity index (χ3v) is 6.89. The summed E-state index contributed by atoms with van der Waals surface area (Å²) in [6.45, 7) is 6.50. The highest BCUT2D eigenvalue weighted by Crippen LogP contribution is 2.50. The average molecular weight is 452 g/mol. The maximum atomic E-state index is 13.3. The molecule has 0 aliphatic carbocycles. The van der Waals surface area contributed by atoms with Crippen LogP contribution in [0.4, 0.5) is 30.2 Å². The highest BCUT2D eigenvalue weighted by atomic mass is 32.2. The van der Waals surface area contributed by atoms with Crippen LogP contribution in [0, 0.1) is 0 Å². The summed E-state index contributed by atoms with van der Waals surface area (Å²) in [5.41, 5.74) is 13.7. The van der Waals surface area contributed by atoms with Crippen molar-refractivity contribution in [2.75, 3.05) is 62.2 Å². The summed E-state index contributed by atoms with van der Waals surface area (Å²) in [4.78, 5) is 8.39. The zero-order valence-electron chi connectivity index (χ0n) is 17.4. The van der Waals surface area contributed by atoms with Crippen LogP contribution in [-0.2, 0) is 6.18 Å². The number of nitrogens with zero attached hydrogens (tertiary/aromatic N) is 3. The molecule has 0 atom stereocenters. The van der Waals surface area contributed by atoms with Gasteiger partial charge in [0.15, 0.2) is 0 Å². The number of piperazine rings is 1. The van der Waals surface area contributed by atoms with Crippen LogP contribution in [0.3, 0.4) is 0 Å². The first-order valence-electron chi connectivity index (χ1n) is 10.6. The molecular formula is C22H28F3N5S. The number of alkyl halides is 3. The largest absolute Gasteiger partial charge is 0.416 e. The van der Waals surface area contributed by atoms with Gasteiger partial charge < -0.3 is 21.3 Å². The number of anilines is 3. The normalized spacial score (nSPS) is 16.9. The van der Waals surface area contributed by atoms with Gasteiger partial charge in [0.2, 0.25) is 0 Å². The fourth-order valence-corrected chi connectivity index (χ4v) is 5.32. The van der Waals surface area contributed by atoms with Crippen molar-refractivity contribution in [3.8, 4) is 0 Å². The van der Waals surface area contributed by atoms with Crippen molar-refractivity contribution in [1.29, 1.82) is 0 Å². The van der Waals surface area contributed by atoms with Crippen molar-refractivity contribution in [3.05, 3.63) is 42.0 Å². The molecule has 2 aliphatic rings. The van der Waals surface area contributed by atoms with Gasteiger partial charge in [-0.1, -0.05) is 11.8 Å². The van der Waals surface area contributed by atoms with Gasteiger partial charge in [-0.15, -0.1) is 0 Å². The van der Waals surface area contributed by atoms with E-state index in [1.807, 2.05) is 0 Å². The van der Waals surface area contributed by atoms with Crippen molar-refractivity contribution in [2.45, 2.75) is 22.4 Å². The van der Waals surface area contributed by atoms with E-state index in [0.29, 0.717) is 24.5 Å². The SMILES string of the molecule is NCCCN1c2ccc(N3CCN(CCN)CC3)cc2Sc2cc(C(F)(F)F)ccc21. The Kier molecular flexibility index (Phi) is 6.66. The molecule has 9 heteroatoms. The highest BCUT2D eigenvalue weighted by molar-refractivity contribution is 7.99. The Morgan fingerprint density at radius 2 is 1.52 bits per heavy atom. The molecule has 2 aromatic rings. The topological polar surface area (TPSA) is 61.8 Å². The highest BCUT2D eigenvalue weighted by Gasteiger charge is 2.33. The molecule has 0 aromatic heterocycles. The van der Waals surface area contributed by atoms with Crippen LogP contribution in [0.25, 0.3) is 0 Å². The number of hydrogen-bond acceptors (Lipinski definition) is 6. The lowest BCUT2D eigenvalue weighted by Gasteiger charge is -2.37. The van der Waals surface area contributed by atoms with Crippen LogP contribution in [0.5, 0.6) is 0 Å². The van der Waals surface area contributed by atoms with E-state index in [9.17, 15) is 13.2 Å². The van der Waals surface area contributed by atoms with Crippen LogP contribution >= 0.6 is 11.8 Å². The third kappa shape index (κ3) is 4.79. The van der Waals surface area contributed by atoms with E-state index < -0.39 is 11.7 Å². The molecular weight excluding hydrogens is 423 g/mol. The molecule has 0 unspecified atom stereocenters. The van der Waals surface area contributed by atoms with E-state index in [1.165, 1.54) is 17.8 Å². The lowest BCUT2D eigenvalue weighted by Crippen LogP contribution is -2.47. The van der Waals surface area contributed by atoms with Crippen LogP contribution < -0.4 is 21.3 Å². The standard InChI is InChI=1S/C22H28F3N5S/c23-22(24,25)16-2-4-18-20(14-16)31-21-15-17(3-5-19(21)30(18)8-1-6-26)29-12-10-28(9-7-27)11-13-29/h2-5,14-15H,1,6-13,26-27H2. The Hall–Kier alpha value is -1.94. The molecule has 1 saturated heterocycles. The molecule has 5 nitrogen and oxygen atoms in total. The van der Waals surface area contributed by atoms with Gasteiger partial charge in [0.25, 0.3) is 0 Å². The second kappa shape index (κ2) is 9.28. The number of halogens is 3. The summed E-state index contributed by atoms with van der Waals surface area (Å²) in [7, 11) is 0. The van der Waals surface area contributed by atoms with Gasteiger partial charge in [-0.3, -0.25) is 4.90 Å². The Labute approximate surface area is 185 Å². The molecule has 168 valence electrons. The maximum Gasteiger partial charge on any atom is 0.416 e. The number of benzene rings is 2. The number of nitrogens with two attached hydrogens (primary N) is 2. The predicted molar refractivity (Wildman–Crippen MR) is 120 cm³/mol. The summed E-state index contributed by atoms with van der Waals surface area (Å²) < 4.78 is 39.9. The van der Waals surface area contributed by atoms with Crippen molar-refractivity contribution in [1.82, 2.24) is 4.90 Å². The molecule has 0 amide bonds. The zero-order chi connectivity index (χ0) is 22.0. The summed E-state index contributed by atoms with van der Waals surface area (Å²) in [6, 6.07) is 10.3. The molecule has 31 heavy (non-hydrogen) atoms. The smallest absolute Gasteiger partial charge is 0.369 e. The van der Waals surface area contributed by atoms with E-state index >= 15 is 0 Å². The minimum Gasteiger partial charge on any atom is -0.369 e. The lowest BCUT2D eigenvalue weighted by molar-refractivity contribution is -0.137. The molecule has 0 radical (unpaired) electrons. The molecule has 0 bridgehead atoms. The van der Waals surface area contributed by atoms with Gasteiger partial charge in [0.1, 0.15) is 0 Å². The first-order chi connectivity index (χ1) is 14.9. The Morgan fingerprint density at radius 1 is 0.839 bits per heavy atom. The molecule has 2 aliphatic heterocycles. The maximum absolute atomic E-state index is 13.3. The summed E-state index contributed by atoms with van der Waals surface area (Å²) in [6.07, 6.45) is -3.60. The van der Waals surface area contributed by atoms with Gasteiger partial charge in [-0.25, -0.2) is 0 Å². The summed E-state index contributed by atoms with van der Waals surface area (Å²) in [5.74, 6) is 0. The van der Waals surface area contributed by atoms with Gasteiger partial charge in [-0.2, -0.15) is 13.2 Å². The van der Waals surface area contributed by atoms with Gasteiger partial charge in [0.05, 0.1) is 16.9 Å². The molecule has 2 heterocycles. The number of hydrogen-bond donors (Lipinski definition) is 2. The quantitative estimate of drug-likeness (QED) is 0.698. The zero-order valence-corrected chi connectivity index (χ0v) is 18.2. The molecule has 0 spiro atoms. The average Bonchev–Trinajstić information content (AvgIpc) is 2.76. The minimum absolute atomic E-state index is 0.528. The molecule has 1 fully saturated rings. The summed E-state index contributed by atoms with van der Waals surface area (Å²) in [5, 5.41) is 0. The van der Waals surface area contributed by atoms with Crippen molar-refractivity contribution in [3.63, 3.8) is 0 Å². The van der Waals surface area contributed by atoms with E-state index in [0.717, 1.165) is 67.2 Å². The lowest BCUT2D eigenvalue weighted by atomic mass is 10.1. The van der Waals surface area contributed by atoms with Gasteiger partial charge in [0, 0.05) is 61.3 Å². The van der Waals surface area contributed by atoms with E-state index in [2.05, 4.69) is 32.9 Å². The molecule has 0 saturated carbocycles. The Bertz CT molecular complexity index is 913. The van der Waals surface area contributed by atoms with Crippen LogP contribution in [0.1, 0.15) is 12.0 Å². The van der Waals surface area contributed by atoms with Gasteiger partial charge >= 0.3 is 6.18 Å². The van der Waals surface area contributed by atoms with Crippen molar-refractivity contribution >= 4 is 28.8 Å². The molecule has 4 N–H and O–H groups in total. The Morgan fingerprint density at radius 3 is 2.16 bits per heavy atom. The van der Waals surface area contributed by atoms with Gasteiger partial charge in [-0.05, 0) is 49.4 Å². The van der Waals surface area contributed by atoms with E-state index in [4.69, 9.17) is 11.5 Å². The number of fused-ring (bicyclic) bond motifs is 2. The molecule has 2 aromatic carbocycles. The fourth-order valence-electron chi connectivity index (χ4n) is 4.15. The Balaban J connectivity index is 1.63. The van der Waals surface area contributed by atoms with Crippen LogP contribution in [-0.4, -0.2) is 57.3 Å². The minimum atomic E-state index is -4.36. The summed E-state index contributed by atoms with van der Waals surface area (Å²) >= 11 is 1.41. The van der Waals surface area contributed by atoms with E-state index in [-0.39, 0.29) is 0 Å². The second-order valence-corrected chi connectivity index (χ2v) is 8.93. The predicted octanol–water partition coefficient (Wildman–Crippen LogP) is 3.74. The second-order valence-electron chi connectivity index (χ2n) is 7.85. The van der Waals surface area contributed by atoms with Crippen molar-refractivity contribution < 1.29 is 13.2 Å². The monoisotopic (exact) mass is 451 g/mol. The van der Waals surface area contributed by atoms with Crippen LogP contribution in [0.2, 0.25) is 0 Å². The fraction of sp³-hybridized carbons (Fsp3) is 0.455. The molecule has 4 rings (SSSR count). The third-order valence-electron chi connectivity index (χ3n) is 5.80. The number of rotatable bonds is 6.